The molecule has 0 radical (unpaired) electrons. The number of hydrogen-bond donors (Lipinski definition) is 1. The van der Waals surface area contributed by atoms with Crippen LogP contribution in [-0.2, 0) is 0 Å². The molecule has 20 heavy (non-hydrogen) atoms. The molecule has 0 saturated heterocycles. The molecule has 0 amide bonds. The van der Waals surface area contributed by atoms with E-state index in [2.05, 4.69) is 4.90 Å². The molecule has 1 aromatic rings. The van der Waals surface area contributed by atoms with Crippen LogP contribution >= 0.6 is 0 Å². The van der Waals surface area contributed by atoms with Gasteiger partial charge in [0.15, 0.2) is 0 Å². The summed E-state index contributed by atoms with van der Waals surface area (Å²) in [5.41, 5.74) is 6.24. The summed E-state index contributed by atoms with van der Waals surface area (Å²) in [6, 6.07) is 2.04. The van der Waals surface area contributed by atoms with Gasteiger partial charge in [0.05, 0.1) is 6.04 Å². The zero-order valence-corrected chi connectivity index (χ0v) is 13.1. The number of likely N-dealkylation sites (N-methyl/N-ethyl adjacent to an activating group) is 1. The third kappa shape index (κ3) is 2.86. The van der Waals surface area contributed by atoms with Crippen molar-refractivity contribution in [1.82, 2.24) is 4.90 Å². The Bertz CT molecular complexity index is 458. The average Bonchev–Trinajstić information content (AvgIpc) is 2.44. The van der Waals surface area contributed by atoms with Gasteiger partial charge in [0, 0.05) is 11.1 Å². The van der Waals surface area contributed by atoms with E-state index in [1.807, 2.05) is 27.7 Å². The number of aryl methyl sites for hydroxylation is 1. The van der Waals surface area contributed by atoms with Crippen molar-refractivity contribution in [2.45, 2.75) is 52.6 Å². The smallest absolute Gasteiger partial charge is 0.133 e. The van der Waals surface area contributed by atoms with Crippen LogP contribution < -0.4 is 5.73 Å². The first kappa shape index (κ1) is 17.1. The van der Waals surface area contributed by atoms with Crippen molar-refractivity contribution in [1.29, 1.82) is 0 Å². The van der Waals surface area contributed by atoms with Crippen molar-refractivity contribution >= 4 is 0 Å². The lowest BCUT2D eigenvalue weighted by Crippen LogP contribution is -2.53. The third-order valence-corrected chi connectivity index (χ3v) is 4.50. The predicted molar refractivity (Wildman–Crippen MR) is 79.6 cm³/mol. The maximum atomic E-state index is 14.3. The summed E-state index contributed by atoms with van der Waals surface area (Å²) < 4.78 is 28.4. The van der Waals surface area contributed by atoms with Crippen LogP contribution in [0.1, 0.15) is 51.3 Å². The molecule has 2 atom stereocenters. The number of halogens is 2. The van der Waals surface area contributed by atoms with E-state index in [1.54, 1.807) is 6.92 Å². The summed E-state index contributed by atoms with van der Waals surface area (Å²) in [7, 11) is 0. The van der Waals surface area contributed by atoms with Crippen molar-refractivity contribution in [3.63, 3.8) is 0 Å². The Balaban J connectivity index is 3.34. The predicted octanol–water partition coefficient (Wildman–Crippen LogP) is 3.78. The summed E-state index contributed by atoms with van der Waals surface area (Å²) in [5.74, 6) is -1.09. The van der Waals surface area contributed by atoms with Gasteiger partial charge in [0.1, 0.15) is 11.6 Å². The molecule has 0 spiro atoms. The molecule has 114 valence electrons. The van der Waals surface area contributed by atoms with Gasteiger partial charge in [0.25, 0.3) is 0 Å². The van der Waals surface area contributed by atoms with Crippen LogP contribution in [0.4, 0.5) is 8.78 Å². The minimum absolute atomic E-state index is 0.00116. The van der Waals surface area contributed by atoms with E-state index in [-0.39, 0.29) is 5.56 Å². The topological polar surface area (TPSA) is 29.3 Å². The van der Waals surface area contributed by atoms with Crippen molar-refractivity contribution < 1.29 is 8.78 Å². The van der Waals surface area contributed by atoms with Gasteiger partial charge in [-0.3, -0.25) is 4.90 Å². The normalized spacial score (nSPS) is 16.2. The maximum Gasteiger partial charge on any atom is 0.133 e. The quantitative estimate of drug-likeness (QED) is 0.861. The van der Waals surface area contributed by atoms with Gasteiger partial charge < -0.3 is 5.73 Å². The molecule has 1 aromatic carbocycles. The Labute approximate surface area is 121 Å². The average molecular weight is 284 g/mol. The Kier molecular flexibility index (Phi) is 5.66. The minimum atomic E-state index is -0.702. The van der Waals surface area contributed by atoms with Gasteiger partial charge in [-0.25, -0.2) is 8.78 Å². The van der Waals surface area contributed by atoms with Gasteiger partial charge in [-0.05, 0) is 45.0 Å². The van der Waals surface area contributed by atoms with Gasteiger partial charge in [0.2, 0.25) is 0 Å². The number of hydrogen-bond acceptors (Lipinski definition) is 2. The van der Waals surface area contributed by atoms with E-state index in [0.29, 0.717) is 5.56 Å². The lowest BCUT2D eigenvalue weighted by Gasteiger charge is -2.44. The summed E-state index contributed by atoms with van der Waals surface area (Å²) in [6.45, 7) is 11.3. The van der Waals surface area contributed by atoms with Crippen LogP contribution in [0, 0.1) is 18.6 Å². The second kappa shape index (κ2) is 6.64. The zero-order chi connectivity index (χ0) is 15.5. The summed E-state index contributed by atoms with van der Waals surface area (Å²) in [6.07, 6.45) is 0.725. The van der Waals surface area contributed by atoms with Crippen molar-refractivity contribution in [2.75, 3.05) is 13.1 Å². The molecule has 0 bridgehead atoms. The second-order valence-corrected chi connectivity index (χ2v) is 5.45. The molecule has 2 nitrogen and oxygen atoms in total. The van der Waals surface area contributed by atoms with E-state index in [0.717, 1.165) is 19.5 Å². The highest BCUT2D eigenvalue weighted by molar-refractivity contribution is 5.31. The Morgan fingerprint density at radius 1 is 1.20 bits per heavy atom. The van der Waals surface area contributed by atoms with Gasteiger partial charge >= 0.3 is 0 Å². The van der Waals surface area contributed by atoms with Crippen LogP contribution in [0.5, 0.6) is 0 Å². The van der Waals surface area contributed by atoms with Gasteiger partial charge in [-0.15, -0.1) is 0 Å². The largest absolute Gasteiger partial charge is 0.322 e. The molecular weight excluding hydrogens is 258 g/mol. The Hall–Kier alpha value is -1.00. The molecule has 2 unspecified atom stereocenters. The molecule has 0 aliphatic heterocycles. The highest BCUT2D eigenvalue weighted by Crippen LogP contribution is 2.35. The number of nitrogens with zero attached hydrogens (tertiary/aromatic N) is 1. The molecule has 0 fully saturated rings. The molecule has 0 saturated carbocycles. The molecule has 0 aliphatic carbocycles. The zero-order valence-electron chi connectivity index (χ0n) is 13.1. The van der Waals surface area contributed by atoms with E-state index in [9.17, 15) is 8.78 Å². The standard InChI is InChI=1S/C16H26F2N2/c1-6-16(5,20(7-2)8-3)15(19)13-12(17)10-9-11(4)14(13)18/h9-10,15H,6-8,19H2,1-5H3. The molecular formula is C16H26F2N2. The van der Waals surface area contributed by atoms with E-state index in [4.69, 9.17) is 5.73 Å². The molecule has 0 aliphatic rings. The van der Waals surface area contributed by atoms with E-state index >= 15 is 0 Å². The SMILES string of the molecule is CCN(CC)C(C)(CC)C(N)c1c(F)ccc(C)c1F. The molecule has 1 rings (SSSR count). The van der Waals surface area contributed by atoms with Crippen molar-refractivity contribution in [3.8, 4) is 0 Å². The number of benzene rings is 1. The van der Waals surface area contributed by atoms with Crippen LogP contribution in [0.15, 0.2) is 12.1 Å². The lowest BCUT2D eigenvalue weighted by atomic mass is 9.82. The fraction of sp³-hybridized carbons (Fsp3) is 0.625. The first-order chi connectivity index (χ1) is 9.33. The fourth-order valence-corrected chi connectivity index (χ4v) is 2.86. The molecule has 4 heteroatoms. The number of rotatable bonds is 6. The van der Waals surface area contributed by atoms with Crippen LogP contribution in [0.25, 0.3) is 0 Å². The molecule has 0 heterocycles. The lowest BCUT2D eigenvalue weighted by molar-refractivity contribution is 0.0818. The van der Waals surface area contributed by atoms with E-state index in [1.165, 1.54) is 12.1 Å². The first-order valence-corrected chi connectivity index (χ1v) is 7.28. The monoisotopic (exact) mass is 284 g/mol. The molecule has 2 N–H and O–H groups in total. The van der Waals surface area contributed by atoms with Crippen LogP contribution in [-0.4, -0.2) is 23.5 Å². The maximum absolute atomic E-state index is 14.3. The Morgan fingerprint density at radius 2 is 1.75 bits per heavy atom. The summed E-state index contributed by atoms with van der Waals surface area (Å²) in [5, 5.41) is 0. The van der Waals surface area contributed by atoms with Gasteiger partial charge in [-0.2, -0.15) is 0 Å². The second-order valence-electron chi connectivity index (χ2n) is 5.45. The molecule has 0 aromatic heterocycles. The van der Waals surface area contributed by atoms with Gasteiger partial charge in [-0.1, -0.05) is 26.8 Å². The Morgan fingerprint density at radius 3 is 2.20 bits per heavy atom. The van der Waals surface area contributed by atoms with Crippen molar-refractivity contribution in [3.05, 3.63) is 34.9 Å². The fourth-order valence-electron chi connectivity index (χ4n) is 2.86. The minimum Gasteiger partial charge on any atom is -0.322 e. The first-order valence-electron chi connectivity index (χ1n) is 7.28. The van der Waals surface area contributed by atoms with E-state index < -0.39 is 23.2 Å². The third-order valence-electron chi connectivity index (χ3n) is 4.50. The number of nitrogens with two attached hydrogens (primary N) is 1. The highest BCUT2D eigenvalue weighted by atomic mass is 19.1. The van der Waals surface area contributed by atoms with Crippen molar-refractivity contribution in [2.24, 2.45) is 5.73 Å². The summed E-state index contributed by atoms with van der Waals surface area (Å²) in [4.78, 5) is 2.17. The highest BCUT2D eigenvalue weighted by Gasteiger charge is 2.38. The summed E-state index contributed by atoms with van der Waals surface area (Å²) >= 11 is 0. The van der Waals surface area contributed by atoms with Crippen LogP contribution in [0.3, 0.4) is 0 Å². The van der Waals surface area contributed by atoms with Crippen LogP contribution in [0.2, 0.25) is 0 Å².